The molecule has 1 amide bonds. The molecule has 0 saturated heterocycles. The molecule has 2 rings (SSSR count). The first kappa shape index (κ1) is 22.8. The van der Waals surface area contributed by atoms with Crippen LogP contribution in [0.25, 0.3) is 0 Å². The van der Waals surface area contributed by atoms with Gasteiger partial charge in [0.15, 0.2) is 0 Å². The van der Waals surface area contributed by atoms with Gasteiger partial charge in [-0.1, -0.05) is 17.7 Å². The quantitative estimate of drug-likeness (QED) is 0.618. The molecule has 0 aliphatic carbocycles. The van der Waals surface area contributed by atoms with Gasteiger partial charge in [-0.3, -0.25) is 9.10 Å². The summed E-state index contributed by atoms with van der Waals surface area (Å²) in [5.41, 5.74) is 1.47. The molecular formula is C20H24F2N2O4S. The summed E-state index contributed by atoms with van der Waals surface area (Å²) in [7, 11) is -0.933. The molecule has 0 unspecified atom stereocenters. The van der Waals surface area contributed by atoms with E-state index in [0.29, 0.717) is 5.69 Å². The Morgan fingerprint density at radius 3 is 2.17 bits per heavy atom. The zero-order valence-corrected chi connectivity index (χ0v) is 17.3. The summed E-state index contributed by atoms with van der Waals surface area (Å²) in [5, 5.41) is 0. The summed E-state index contributed by atoms with van der Waals surface area (Å²) in [5.74, 6) is -0.571. The maximum atomic E-state index is 12.8. The number of benzene rings is 2. The minimum Gasteiger partial charge on any atom is -0.383 e. The van der Waals surface area contributed by atoms with E-state index in [1.807, 2.05) is 6.92 Å². The van der Waals surface area contributed by atoms with Gasteiger partial charge in [0.1, 0.15) is 0 Å². The molecule has 0 bridgehead atoms. The van der Waals surface area contributed by atoms with Crippen LogP contribution in [0.1, 0.15) is 15.9 Å². The minimum absolute atomic E-state index is 0.0309. The fraction of sp³-hybridized carbons (Fsp3) is 0.350. The van der Waals surface area contributed by atoms with Crippen LogP contribution in [-0.4, -0.2) is 59.5 Å². The van der Waals surface area contributed by atoms with Crippen LogP contribution in [-0.2, 0) is 14.8 Å². The molecule has 9 heteroatoms. The first-order chi connectivity index (χ1) is 13.7. The molecule has 158 valence electrons. The molecule has 0 saturated carbocycles. The van der Waals surface area contributed by atoms with Gasteiger partial charge in [-0.25, -0.2) is 17.2 Å². The van der Waals surface area contributed by atoms with Gasteiger partial charge in [0.05, 0.1) is 23.7 Å². The summed E-state index contributed by atoms with van der Waals surface area (Å²) >= 11 is 0. The van der Waals surface area contributed by atoms with Crippen molar-refractivity contribution in [1.29, 1.82) is 0 Å². The molecule has 0 fully saturated rings. The molecule has 6 nitrogen and oxygen atoms in total. The highest BCUT2D eigenvalue weighted by Gasteiger charge is 2.23. The van der Waals surface area contributed by atoms with Crippen molar-refractivity contribution in [3.63, 3.8) is 0 Å². The molecule has 0 N–H and O–H groups in total. The van der Waals surface area contributed by atoms with Crippen molar-refractivity contribution in [1.82, 2.24) is 4.90 Å². The Morgan fingerprint density at radius 2 is 1.66 bits per heavy atom. The molecule has 0 aromatic heterocycles. The van der Waals surface area contributed by atoms with Crippen molar-refractivity contribution in [2.45, 2.75) is 18.2 Å². The van der Waals surface area contributed by atoms with Gasteiger partial charge in [0, 0.05) is 26.3 Å². The van der Waals surface area contributed by atoms with Gasteiger partial charge in [-0.05, 0) is 43.3 Å². The normalized spacial score (nSPS) is 11.5. The number of ether oxygens (including phenoxy) is 1. The van der Waals surface area contributed by atoms with E-state index in [1.54, 1.807) is 12.1 Å². The van der Waals surface area contributed by atoms with E-state index in [-0.39, 0.29) is 23.6 Å². The maximum absolute atomic E-state index is 12.8. The molecular weight excluding hydrogens is 402 g/mol. The summed E-state index contributed by atoms with van der Waals surface area (Å²) in [6, 6.07) is 12.2. The van der Waals surface area contributed by atoms with Crippen LogP contribution >= 0.6 is 0 Å². The zero-order chi connectivity index (χ0) is 21.6. The van der Waals surface area contributed by atoms with Crippen LogP contribution in [0, 0.1) is 6.92 Å². The molecule has 2 aromatic carbocycles. The number of halogens is 2. The van der Waals surface area contributed by atoms with E-state index in [0.717, 1.165) is 14.8 Å². The third-order valence-electron chi connectivity index (χ3n) is 4.37. The van der Waals surface area contributed by atoms with Crippen molar-refractivity contribution < 1.29 is 26.7 Å². The lowest BCUT2D eigenvalue weighted by Gasteiger charge is -2.23. The Kier molecular flexibility index (Phi) is 7.69. The largest absolute Gasteiger partial charge is 0.383 e. The number of nitrogens with zero attached hydrogens (tertiary/aromatic N) is 2. The Balaban J connectivity index is 2.21. The van der Waals surface area contributed by atoms with Gasteiger partial charge >= 0.3 is 0 Å². The van der Waals surface area contributed by atoms with Crippen LogP contribution in [0.15, 0.2) is 53.4 Å². The molecule has 0 aliphatic rings. The Morgan fingerprint density at radius 1 is 1.07 bits per heavy atom. The number of methoxy groups -OCH3 is 1. The van der Waals surface area contributed by atoms with Gasteiger partial charge in [0.2, 0.25) is 0 Å². The number of aryl methyl sites for hydroxylation is 1. The maximum Gasteiger partial charge on any atom is 0.264 e. The molecule has 0 atom stereocenters. The monoisotopic (exact) mass is 426 g/mol. The summed E-state index contributed by atoms with van der Waals surface area (Å²) in [6.07, 6.45) is -2.67. The number of alkyl halides is 2. The highest BCUT2D eigenvalue weighted by Crippen LogP contribution is 2.23. The van der Waals surface area contributed by atoms with E-state index < -0.39 is 28.9 Å². The van der Waals surface area contributed by atoms with Crippen LogP contribution < -0.4 is 4.31 Å². The highest BCUT2D eigenvalue weighted by atomic mass is 32.2. The van der Waals surface area contributed by atoms with Gasteiger partial charge in [0.25, 0.3) is 22.4 Å². The average molecular weight is 426 g/mol. The second-order valence-electron chi connectivity index (χ2n) is 6.47. The SMILES string of the molecule is COCCN(CC(F)F)C(=O)c1ccc(N(C)S(=O)(=O)c2ccc(C)cc2)cc1. The number of rotatable bonds is 9. The van der Waals surface area contributed by atoms with Gasteiger partial charge in [-0.15, -0.1) is 0 Å². The first-order valence-electron chi connectivity index (χ1n) is 8.89. The lowest BCUT2D eigenvalue weighted by Crippen LogP contribution is -2.37. The highest BCUT2D eigenvalue weighted by molar-refractivity contribution is 7.92. The molecule has 0 aliphatic heterocycles. The topological polar surface area (TPSA) is 66.9 Å². The number of anilines is 1. The lowest BCUT2D eigenvalue weighted by atomic mass is 10.2. The Bertz CT molecular complexity index is 917. The molecule has 0 radical (unpaired) electrons. The van der Waals surface area contributed by atoms with Crippen LogP contribution in [0.4, 0.5) is 14.5 Å². The smallest absolute Gasteiger partial charge is 0.264 e. The number of hydrogen-bond donors (Lipinski definition) is 0. The zero-order valence-electron chi connectivity index (χ0n) is 16.5. The second kappa shape index (κ2) is 9.80. The Hall–Kier alpha value is -2.52. The molecule has 0 heterocycles. The van der Waals surface area contributed by atoms with Crippen LogP contribution in [0.5, 0.6) is 0 Å². The summed E-state index contributed by atoms with van der Waals surface area (Å²) in [6.45, 7) is 1.32. The second-order valence-corrected chi connectivity index (χ2v) is 8.44. The van der Waals surface area contributed by atoms with E-state index in [1.165, 1.54) is 50.6 Å². The van der Waals surface area contributed by atoms with E-state index in [9.17, 15) is 22.0 Å². The van der Waals surface area contributed by atoms with Crippen molar-refractivity contribution in [2.75, 3.05) is 38.2 Å². The van der Waals surface area contributed by atoms with E-state index >= 15 is 0 Å². The van der Waals surface area contributed by atoms with Crippen molar-refractivity contribution >= 4 is 21.6 Å². The van der Waals surface area contributed by atoms with Crippen LogP contribution in [0.3, 0.4) is 0 Å². The fourth-order valence-corrected chi connectivity index (χ4v) is 3.84. The van der Waals surface area contributed by atoms with Crippen molar-refractivity contribution in [3.05, 3.63) is 59.7 Å². The molecule has 0 spiro atoms. The third-order valence-corrected chi connectivity index (χ3v) is 6.17. The number of carbonyl (C=O) groups is 1. The van der Waals surface area contributed by atoms with Crippen LogP contribution in [0.2, 0.25) is 0 Å². The van der Waals surface area contributed by atoms with Crippen molar-refractivity contribution in [3.8, 4) is 0 Å². The summed E-state index contributed by atoms with van der Waals surface area (Å²) < 4.78 is 57.0. The molecule has 29 heavy (non-hydrogen) atoms. The lowest BCUT2D eigenvalue weighted by molar-refractivity contribution is 0.0478. The predicted octanol–water partition coefficient (Wildman–Crippen LogP) is 3.17. The first-order valence-corrected chi connectivity index (χ1v) is 10.3. The van der Waals surface area contributed by atoms with Crippen molar-refractivity contribution in [2.24, 2.45) is 0 Å². The number of carbonyl (C=O) groups excluding carboxylic acids is 1. The molecule has 2 aromatic rings. The minimum atomic E-state index is -3.76. The number of sulfonamides is 1. The van der Waals surface area contributed by atoms with E-state index in [4.69, 9.17) is 4.74 Å². The average Bonchev–Trinajstić information content (AvgIpc) is 2.70. The standard InChI is InChI=1S/C20H24F2N2O4S/c1-15-4-10-18(11-5-15)29(26,27)23(2)17-8-6-16(7-9-17)20(25)24(12-13-28-3)14-19(21)22/h4-11,19H,12-14H2,1-3H3. The summed E-state index contributed by atoms with van der Waals surface area (Å²) in [4.78, 5) is 13.7. The number of hydrogen-bond acceptors (Lipinski definition) is 4. The number of amides is 1. The Labute approximate surface area is 169 Å². The predicted molar refractivity (Wildman–Crippen MR) is 107 cm³/mol. The van der Waals surface area contributed by atoms with Gasteiger partial charge < -0.3 is 9.64 Å². The van der Waals surface area contributed by atoms with E-state index in [2.05, 4.69) is 0 Å². The van der Waals surface area contributed by atoms with Gasteiger partial charge in [-0.2, -0.15) is 0 Å². The fourth-order valence-electron chi connectivity index (χ4n) is 2.65. The third kappa shape index (κ3) is 5.74.